The largest absolute Gasteiger partial charge is 0.336 e. The van der Waals surface area contributed by atoms with Crippen molar-refractivity contribution in [1.82, 2.24) is 29.9 Å². The van der Waals surface area contributed by atoms with E-state index in [1.165, 1.54) is 34.9 Å². The molecule has 2 aromatic heterocycles. The molecule has 1 saturated carbocycles. The highest BCUT2D eigenvalue weighted by molar-refractivity contribution is 5.89. The molecule has 6 rings (SSSR count). The van der Waals surface area contributed by atoms with E-state index in [0.717, 1.165) is 29.7 Å². The maximum Gasteiger partial charge on any atom is 0.225 e. The highest BCUT2D eigenvalue weighted by Crippen LogP contribution is 2.47. The zero-order valence-electron chi connectivity index (χ0n) is 19.1. The fourth-order valence-electron chi connectivity index (χ4n) is 5.10. The first-order valence-corrected chi connectivity index (χ1v) is 11.5. The molecule has 1 amide bonds. The van der Waals surface area contributed by atoms with Crippen molar-refractivity contribution in [1.29, 1.82) is 0 Å². The van der Waals surface area contributed by atoms with Crippen LogP contribution in [0.5, 0.6) is 0 Å². The van der Waals surface area contributed by atoms with Crippen LogP contribution in [0.4, 0.5) is 11.6 Å². The number of H-pyrrole nitrogens is 1. The van der Waals surface area contributed by atoms with Gasteiger partial charge in [0.05, 0.1) is 17.8 Å². The fraction of sp³-hybridized carbons (Fsp3) is 0.360. The van der Waals surface area contributed by atoms with Crippen LogP contribution in [0.15, 0.2) is 36.5 Å². The van der Waals surface area contributed by atoms with Gasteiger partial charge in [0.15, 0.2) is 5.82 Å². The van der Waals surface area contributed by atoms with Crippen molar-refractivity contribution in [2.45, 2.75) is 45.1 Å². The van der Waals surface area contributed by atoms with Gasteiger partial charge in [-0.2, -0.15) is 10.1 Å². The third-order valence-electron chi connectivity index (χ3n) is 7.01. The summed E-state index contributed by atoms with van der Waals surface area (Å²) < 4.78 is 1.80. The minimum atomic E-state index is 0.0907. The Morgan fingerprint density at radius 2 is 2.06 bits per heavy atom. The van der Waals surface area contributed by atoms with Gasteiger partial charge in [0.2, 0.25) is 11.9 Å². The van der Waals surface area contributed by atoms with Crippen molar-refractivity contribution in [3.63, 3.8) is 0 Å². The van der Waals surface area contributed by atoms with Gasteiger partial charge in [-0.3, -0.25) is 9.89 Å². The summed E-state index contributed by atoms with van der Waals surface area (Å²) in [5.41, 5.74) is 6.90. The number of nitrogens with zero attached hydrogens (tertiary/aromatic N) is 5. The van der Waals surface area contributed by atoms with E-state index in [-0.39, 0.29) is 11.9 Å². The molecule has 0 spiro atoms. The second kappa shape index (κ2) is 7.43. The molecule has 168 valence electrons. The van der Waals surface area contributed by atoms with E-state index in [2.05, 4.69) is 52.8 Å². The molecule has 1 atom stereocenters. The first-order valence-electron chi connectivity index (χ1n) is 11.5. The lowest BCUT2D eigenvalue weighted by Gasteiger charge is -2.34. The Morgan fingerprint density at radius 1 is 1.21 bits per heavy atom. The van der Waals surface area contributed by atoms with E-state index >= 15 is 0 Å². The van der Waals surface area contributed by atoms with Gasteiger partial charge in [0.25, 0.3) is 0 Å². The van der Waals surface area contributed by atoms with Crippen LogP contribution in [0.3, 0.4) is 0 Å². The summed E-state index contributed by atoms with van der Waals surface area (Å²) in [7, 11) is 1.91. The summed E-state index contributed by atoms with van der Waals surface area (Å²) in [6, 6.07) is 10.6. The molecule has 33 heavy (non-hydrogen) atoms. The van der Waals surface area contributed by atoms with Crippen LogP contribution in [0, 0.1) is 0 Å². The van der Waals surface area contributed by atoms with Crippen molar-refractivity contribution in [2.75, 3.05) is 11.9 Å². The van der Waals surface area contributed by atoms with Crippen molar-refractivity contribution in [3.8, 4) is 11.4 Å². The number of hydrogen-bond donors (Lipinski definition) is 2. The van der Waals surface area contributed by atoms with Gasteiger partial charge in [-0.15, -0.1) is 5.10 Å². The maximum atomic E-state index is 11.9. The average Bonchev–Trinajstić information content (AvgIpc) is 3.41. The second-order valence-corrected chi connectivity index (χ2v) is 9.19. The molecule has 8 heteroatoms. The quantitative estimate of drug-likeness (QED) is 0.488. The smallest absolute Gasteiger partial charge is 0.225 e. The molecule has 8 nitrogen and oxygen atoms in total. The molecular formula is C25H27N7O. The predicted octanol–water partition coefficient (Wildman–Crippen LogP) is 4.45. The van der Waals surface area contributed by atoms with Crippen molar-refractivity contribution >= 4 is 28.4 Å². The van der Waals surface area contributed by atoms with Gasteiger partial charge in [-0.1, -0.05) is 12.1 Å². The standard InChI is InChI=1S/C25H27N7O/c1-14-19-7-6-18(12-17(19)10-11-32(14)15(2)33)24-28-25(31(3)30-24)27-22-9-8-21-20(13-26-29-21)23(22)16-4-5-16/h6-9,12-14,16H,4-5,10-11H2,1-3H3,(H,26,29)(H,27,28,30). The summed E-state index contributed by atoms with van der Waals surface area (Å²) in [5, 5.41) is 16.7. The lowest BCUT2D eigenvalue weighted by atomic mass is 9.91. The zero-order valence-corrected chi connectivity index (χ0v) is 19.1. The number of carbonyl (C=O) groups excluding carboxylic acids is 1. The molecule has 4 aromatic rings. The second-order valence-electron chi connectivity index (χ2n) is 9.19. The van der Waals surface area contributed by atoms with Gasteiger partial charge in [-0.05, 0) is 67.0 Å². The van der Waals surface area contributed by atoms with Crippen LogP contribution in [-0.4, -0.2) is 42.3 Å². The fourth-order valence-corrected chi connectivity index (χ4v) is 5.10. The molecule has 0 saturated heterocycles. The number of nitrogens with one attached hydrogen (secondary N) is 2. The first kappa shape index (κ1) is 20.0. The molecular weight excluding hydrogens is 414 g/mol. The first-order chi connectivity index (χ1) is 16.0. The number of anilines is 2. The SMILES string of the molecule is CC(=O)N1CCc2cc(-c3nc(Nc4ccc5[nH]ncc5c4C4CC4)n(C)n3)ccc2C1C. The number of benzene rings is 2. The molecule has 2 aliphatic rings. The number of fused-ring (bicyclic) bond motifs is 2. The van der Waals surface area contributed by atoms with Gasteiger partial charge in [0, 0.05) is 37.2 Å². The Labute approximate surface area is 192 Å². The summed E-state index contributed by atoms with van der Waals surface area (Å²) in [4.78, 5) is 18.7. The number of aryl methyl sites for hydroxylation is 1. The number of rotatable bonds is 4. The van der Waals surface area contributed by atoms with Crippen molar-refractivity contribution < 1.29 is 4.79 Å². The number of carbonyl (C=O) groups is 1. The number of amides is 1. The third kappa shape index (κ3) is 3.37. The monoisotopic (exact) mass is 441 g/mol. The van der Waals surface area contributed by atoms with Crippen molar-refractivity contribution in [2.24, 2.45) is 7.05 Å². The minimum Gasteiger partial charge on any atom is -0.336 e. The zero-order chi connectivity index (χ0) is 22.7. The predicted molar refractivity (Wildman–Crippen MR) is 127 cm³/mol. The highest BCUT2D eigenvalue weighted by atomic mass is 16.2. The van der Waals surface area contributed by atoms with Gasteiger partial charge < -0.3 is 10.2 Å². The van der Waals surface area contributed by atoms with E-state index in [4.69, 9.17) is 10.1 Å². The Balaban J connectivity index is 1.32. The topological polar surface area (TPSA) is 91.7 Å². The van der Waals surface area contributed by atoms with Gasteiger partial charge in [-0.25, -0.2) is 4.68 Å². The van der Waals surface area contributed by atoms with Gasteiger partial charge >= 0.3 is 0 Å². The minimum absolute atomic E-state index is 0.0907. The maximum absolute atomic E-state index is 11.9. The van der Waals surface area contributed by atoms with Gasteiger partial charge in [0.1, 0.15) is 0 Å². The number of aromatic amines is 1. The molecule has 0 bridgehead atoms. The Morgan fingerprint density at radius 3 is 2.85 bits per heavy atom. The number of hydrogen-bond acceptors (Lipinski definition) is 5. The summed E-state index contributed by atoms with van der Waals surface area (Å²) in [6.07, 6.45) is 5.17. The molecule has 1 aliphatic heterocycles. The van der Waals surface area contributed by atoms with Crippen LogP contribution in [0.25, 0.3) is 22.3 Å². The molecule has 1 fully saturated rings. The van der Waals surface area contributed by atoms with Crippen LogP contribution >= 0.6 is 0 Å². The summed E-state index contributed by atoms with van der Waals surface area (Å²) in [5.74, 6) is 2.10. The molecule has 2 aromatic carbocycles. The van der Waals surface area contributed by atoms with E-state index in [1.807, 2.05) is 18.1 Å². The Kier molecular flexibility index (Phi) is 4.50. The Hall–Kier alpha value is -3.68. The average molecular weight is 442 g/mol. The molecule has 1 unspecified atom stereocenters. The third-order valence-corrected chi connectivity index (χ3v) is 7.01. The summed E-state index contributed by atoms with van der Waals surface area (Å²) in [6.45, 7) is 4.48. The van der Waals surface area contributed by atoms with Crippen LogP contribution < -0.4 is 5.32 Å². The van der Waals surface area contributed by atoms with Crippen LogP contribution in [-0.2, 0) is 18.3 Å². The van der Waals surface area contributed by atoms with E-state index in [1.54, 1.807) is 11.6 Å². The molecule has 3 heterocycles. The lowest BCUT2D eigenvalue weighted by Crippen LogP contribution is -2.37. The van der Waals surface area contributed by atoms with E-state index < -0.39 is 0 Å². The van der Waals surface area contributed by atoms with E-state index in [0.29, 0.717) is 17.7 Å². The van der Waals surface area contributed by atoms with Crippen LogP contribution in [0.1, 0.15) is 55.3 Å². The number of aromatic nitrogens is 5. The molecule has 0 radical (unpaired) electrons. The highest BCUT2D eigenvalue weighted by Gasteiger charge is 2.29. The molecule has 1 aliphatic carbocycles. The van der Waals surface area contributed by atoms with Crippen molar-refractivity contribution in [3.05, 3.63) is 53.2 Å². The lowest BCUT2D eigenvalue weighted by molar-refractivity contribution is -0.131. The summed E-state index contributed by atoms with van der Waals surface area (Å²) >= 11 is 0. The van der Waals surface area contributed by atoms with Crippen LogP contribution in [0.2, 0.25) is 0 Å². The normalized spacial score (nSPS) is 17.9. The van der Waals surface area contributed by atoms with E-state index in [9.17, 15) is 4.79 Å². The molecule has 2 N–H and O–H groups in total. The Bertz CT molecular complexity index is 1380.